The van der Waals surface area contributed by atoms with E-state index in [4.69, 9.17) is 0 Å². The minimum absolute atomic E-state index is 0.0219. The molecule has 0 radical (unpaired) electrons. The molecule has 0 saturated carbocycles. The Labute approximate surface area is 122 Å². The van der Waals surface area contributed by atoms with Gasteiger partial charge in [-0.2, -0.15) is 5.10 Å². The number of piperidine rings is 1. The Morgan fingerprint density at radius 1 is 1.43 bits per heavy atom. The van der Waals surface area contributed by atoms with Gasteiger partial charge in [0.15, 0.2) is 0 Å². The molecule has 1 fully saturated rings. The lowest BCUT2D eigenvalue weighted by Crippen LogP contribution is -2.39. The molecule has 1 aliphatic rings. The van der Waals surface area contributed by atoms with Gasteiger partial charge >= 0.3 is 0 Å². The van der Waals surface area contributed by atoms with E-state index >= 15 is 0 Å². The molecule has 6 heteroatoms. The van der Waals surface area contributed by atoms with E-state index in [0.717, 1.165) is 30.7 Å². The van der Waals surface area contributed by atoms with Crippen LogP contribution in [-0.4, -0.2) is 37.6 Å². The summed E-state index contributed by atoms with van der Waals surface area (Å²) in [6.45, 7) is 0.653. The van der Waals surface area contributed by atoms with Crippen molar-refractivity contribution in [1.29, 1.82) is 0 Å². The number of aromatic nitrogens is 3. The van der Waals surface area contributed by atoms with E-state index in [0.29, 0.717) is 12.1 Å². The van der Waals surface area contributed by atoms with Crippen LogP contribution in [0.15, 0.2) is 30.6 Å². The van der Waals surface area contributed by atoms with Crippen LogP contribution in [0.5, 0.6) is 0 Å². The monoisotopic (exact) mass is 286 g/mol. The summed E-state index contributed by atoms with van der Waals surface area (Å²) in [6, 6.07) is 7.08. The van der Waals surface area contributed by atoms with Crippen LogP contribution in [0, 0.1) is 0 Å². The van der Waals surface area contributed by atoms with Crippen LogP contribution < -0.4 is 0 Å². The fraction of sp³-hybridized carbons (Fsp3) is 0.400. The van der Waals surface area contributed by atoms with Gasteiger partial charge in [0, 0.05) is 12.1 Å². The number of carbonyl (C=O) groups is 1. The molecule has 0 spiro atoms. The molecular formula is C15H18N4O2. The molecule has 1 amide bonds. The van der Waals surface area contributed by atoms with Crippen molar-refractivity contribution in [1.82, 2.24) is 20.1 Å². The number of aliphatic hydroxyl groups excluding tert-OH is 1. The Balaban J connectivity index is 1.87. The standard InChI is InChI=1S/C15H18N4O2/c20-9-11-4-3-5-12(8-11)15(21)19-7-2-1-6-13(19)14-16-10-17-18-14/h3-5,8,10,13,20H,1-2,6-7,9H2,(H,16,17,18)/t13-/m1/s1. The molecule has 1 aliphatic heterocycles. The maximum absolute atomic E-state index is 12.8. The molecule has 2 N–H and O–H groups in total. The highest BCUT2D eigenvalue weighted by molar-refractivity contribution is 5.94. The molecule has 2 heterocycles. The number of likely N-dealkylation sites (tertiary alicyclic amines) is 1. The van der Waals surface area contributed by atoms with E-state index in [1.165, 1.54) is 6.33 Å². The predicted octanol–water partition coefficient (Wildman–Crippen LogP) is 1.66. The van der Waals surface area contributed by atoms with Crippen molar-refractivity contribution in [3.8, 4) is 0 Å². The Kier molecular flexibility index (Phi) is 3.96. The lowest BCUT2D eigenvalue weighted by molar-refractivity contribution is 0.0600. The first-order valence-electron chi connectivity index (χ1n) is 7.15. The fourth-order valence-electron chi connectivity index (χ4n) is 2.80. The third kappa shape index (κ3) is 2.80. The maximum atomic E-state index is 12.8. The first-order valence-corrected chi connectivity index (χ1v) is 7.15. The molecule has 1 saturated heterocycles. The second-order valence-electron chi connectivity index (χ2n) is 5.24. The van der Waals surface area contributed by atoms with Gasteiger partial charge in [-0.05, 0) is 37.0 Å². The topological polar surface area (TPSA) is 82.1 Å². The summed E-state index contributed by atoms with van der Waals surface area (Å²) in [5.74, 6) is 0.716. The van der Waals surface area contributed by atoms with Crippen LogP contribution in [0.1, 0.15) is 47.1 Å². The van der Waals surface area contributed by atoms with E-state index in [1.807, 2.05) is 4.90 Å². The third-order valence-corrected chi connectivity index (χ3v) is 3.87. The van der Waals surface area contributed by atoms with E-state index < -0.39 is 0 Å². The van der Waals surface area contributed by atoms with E-state index in [-0.39, 0.29) is 18.6 Å². The molecule has 6 nitrogen and oxygen atoms in total. The van der Waals surface area contributed by atoms with Gasteiger partial charge in [0.05, 0.1) is 12.6 Å². The molecule has 2 aromatic rings. The molecule has 1 atom stereocenters. The summed E-state index contributed by atoms with van der Waals surface area (Å²) in [5, 5.41) is 16.0. The molecular weight excluding hydrogens is 268 g/mol. The summed E-state index contributed by atoms with van der Waals surface area (Å²) in [6.07, 6.45) is 4.43. The van der Waals surface area contributed by atoms with Crippen molar-refractivity contribution in [2.75, 3.05) is 6.54 Å². The SMILES string of the molecule is O=C(c1cccc(CO)c1)N1CCCC[C@@H]1c1ncn[nH]1. The van der Waals surface area contributed by atoms with Gasteiger partial charge < -0.3 is 10.0 Å². The van der Waals surface area contributed by atoms with Crippen molar-refractivity contribution >= 4 is 5.91 Å². The first-order chi connectivity index (χ1) is 10.3. The number of nitrogens with zero attached hydrogens (tertiary/aromatic N) is 3. The number of nitrogens with one attached hydrogen (secondary N) is 1. The van der Waals surface area contributed by atoms with Crippen LogP contribution in [0.3, 0.4) is 0 Å². The normalized spacial score (nSPS) is 18.7. The fourth-order valence-corrected chi connectivity index (χ4v) is 2.80. The molecule has 0 bridgehead atoms. The second-order valence-corrected chi connectivity index (χ2v) is 5.24. The van der Waals surface area contributed by atoms with Crippen molar-refractivity contribution in [3.63, 3.8) is 0 Å². The van der Waals surface area contributed by atoms with Gasteiger partial charge in [-0.25, -0.2) is 4.98 Å². The molecule has 21 heavy (non-hydrogen) atoms. The smallest absolute Gasteiger partial charge is 0.254 e. The molecule has 1 aromatic heterocycles. The highest BCUT2D eigenvalue weighted by Gasteiger charge is 2.30. The number of H-pyrrole nitrogens is 1. The van der Waals surface area contributed by atoms with E-state index in [2.05, 4.69) is 15.2 Å². The van der Waals surface area contributed by atoms with Gasteiger partial charge in [0.25, 0.3) is 5.91 Å². The summed E-state index contributed by atoms with van der Waals surface area (Å²) >= 11 is 0. The quantitative estimate of drug-likeness (QED) is 0.899. The number of carbonyl (C=O) groups excluding carboxylic acids is 1. The average Bonchev–Trinajstić information content (AvgIpc) is 3.08. The van der Waals surface area contributed by atoms with Crippen LogP contribution in [0.4, 0.5) is 0 Å². The van der Waals surface area contributed by atoms with Crippen LogP contribution in [0.25, 0.3) is 0 Å². The Hall–Kier alpha value is -2.21. The number of hydrogen-bond donors (Lipinski definition) is 2. The zero-order chi connectivity index (χ0) is 14.7. The Morgan fingerprint density at radius 2 is 2.33 bits per heavy atom. The lowest BCUT2D eigenvalue weighted by Gasteiger charge is -2.34. The average molecular weight is 286 g/mol. The van der Waals surface area contributed by atoms with Gasteiger partial charge in [-0.3, -0.25) is 9.89 Å². The zero-order valence-electron chi connectivity index (χ0n) is 11.7. The van der Waals surface area contributed by atoms with Gasteiger partial charge in [-0.1, -0.05) is 12.1 Å². The van der Waals surface area contributed by atoms with Crippen molar-refractivity contribution in [2.45, 2.75) is 31.9 Å². The van der Waals surface area contributed by atoms with Crippen molar-refractivity contribution in [3.05, 3.63) is 47.5 Å². The third-order valence-electron chi connectivity index (χ3n) is 3.87. The number of aliphatic hydroxyl groups is 1. The predicted molar refractivity (Wildman–Crippen MR) is 76.4 cm³/mol. The molecule has 110 valence electrons. The number of hydrogen-bond acceptors (Lipinski definition) is 4. The summed E-state index contributed by atoms with van der Waals surface area (Å²) in [5.41, 5.74) is 1.35. The van der Waals surface area contributed by atoms with Gasteiger partial charge in [0.1, 0.15) is 12.2 Å². The van der Waals surface area contributed by atoms with E-state index in [9.17, 15) is 9.90 Å². The summed E-state index contributed by atoms with van der Waals surface area (Å²) in [7, 11) is 0. The molecule has 0 aliphatic carbocycles. The highest BCUT2D eigenvalue weighted by atomic mass is 16.3. The molecule has 0 unspecified atom stereocenters. The summed E-state index contributed by atoms with van der Waals surface area (Å²) < 4.78 is 0. The largest absolute Gasteiger partial charge is 0.392 e. The van der Waals surface area contributed by atoms with Crippen molar-refractivity contribution < 1.29 is 9.90 Å². The first kappa shape index (κ1) is 13.8. The zero-order valence-corrected chi connectivity index (χ0v) is 11.7. The molecule has 1 aromatic carbocycles. The van der Waals surface area contributed by atoms with Gasteiger partial charge in [-0.15, -0.1) is 0 Å². The lowest BCUT2D eigenvalue weighted by atomic mass is 10.00. The summed E-state index contributed by atoms with van der Waals surface area (Å²) in [4.78, 5) is 18.8. The van der Waals surface area contributed by atoms with Gasteiger partial charge in [0.2, 0.25) is 0 Å². The number of aromatic amines is 1. The maximum Gasteiger partial charge on any atom is 0.254 e. The van der Waals surface area contributed by atoms with Crippen LogP contribution >= 0.6 is 0 Å². The Bertz CT molecular complexity index is 612. The van der Waals surface area contributed by atoms with E-state index in [1.54, 1.807) is 24.3 Å². The van der Waals surface area contributed by atoms with Crippen LogP contribution in [0.2, 0.25) is 0 Å². The van der Waals surface area contributed by atoms with Crippen molar-refractivity contribution in [2.24, 2.45) is 0 Å². The minimum Gasteiger partial charge on any atom is -0.392 e. The molecule has 3 rings (SSSR count). The second kappa shape index (κ2) is 6.05. The number of benzene rings is 1. The van der Waals surface area contributed by atoms with Crippen LogP contribution in [-0.2, 0) is 6.61 Å². The Morgan fingerprint density at radius 3 is 3.10 bits per heavy atom. The minimum atomic E-state index is -0.0628. The number of amides is 1. The number of rotatable bonds is 3. The highest BCUT2D eigenvalue weighted by Crippen LogP contribution is 2.30.